The molecule has 0 unspecified atom stereocenters. The predicted octanol–water partition coefficient (Wildman–Crippen LogP) is 1.70. The molecule has 0 radical (unpaired) electrons. The second-order valence-electron chi connectivity index (χ2n) is 4.37. The third-order valence-corrected chi connectivity index (χ3v) is 3.17. The Kier molecular flexibility index (Phi) is 6.11. The molecule has 1 aliphatic rings. The summed E-state index contributed by atoms with van der Waals surface area (Å²) in [6.45, 7) is 0. The molecule has 98 valence electrons. The number of carboxylic acid groups (broad SMARTS) is 1. The largest absolute Gasteiger partial charge is 0.465 e. The maximum atomic E-state index is 11.5. The lowest BCUT2D eigenvalue weighted by Crippen LogP contribution is -2.45. The molecule has 17 heavy (non-hydrogen) atoms. The molecule has 0 aromatic rings. The van der Waals surface area contributed by atoms with E-state index in [0.717, 1.165) is 19.3 Å². The third kappa shape index (κ3) is 5.77. The van der Waals surface area contributed by atoms with Crippen molar-refractivity contribution in [3.05, 3.63) is 0 Å². The second-order valence-corrected chi connectivity index (χ2v) is 4.75. The molecule has 3 N–H and O–H groups in total. The smallest absolute Gasteiger partial charge is 0.404 e. The number of carbonyl (C=O) groups is 2. The highest BCUT2D eigenvalue weighted by molar-refractivity contribution is 6.17. The van der Waals surface area contributed by atoms with Gasteiger partial charge in [0.25, 0.3) is 0 Å². The molecule has 6 heteroatoms. The molecule has 1 aliphatic carbocycles. The van der Waals surface area contributed by atoms with Crippen molar-refractivity contribution in [2.45, 2.75) is 50.6 Å². The van der Waals surface area contributed by atoms with Gasteiger partial charge in [0.15, 0.2) is 0 Å². The molecule has 1 saturated carbocycles. The number of rotatable bonds is 5. The van der Waals surface area contributed by atoms with Gasteiger partial charge in [-0.25, -0.2) is 4.79 Å². The van der Waals surface area contributed by atoms with Crippen LogP contribution < -0.4 is 10.6 Å². The van der Waals surface area contributed by atoms with E-state index < -0.39 is 6.09 Å². The van der Waals surface area contributed by atoms with E-state index in [2.05, 4.69) is 10.6 Å². The average molecular weight is 263 g/mol. The van der Waals surface area contributed by atoms with Crippen molar-refractivity contribution in [1.29, 1.82) is 0 Å². The van der Waals surface area contributed by atoms with E-state index in [9.17, 15) is 9.59 Å². The molecule has 1 rings (SSSR count). The summed E-state index contributed by atoms with van der Waals surface area (Å²) in [4.78, 5) is 22.0. The first-order valence-corrected chi connectivity index (χ1v) is 6.50. The molecule has 2 atom stereocenters. The van der Waals surface area contributed by atoms with Gasteiger partial charge in [0.2, 0.25) is 5.91 Å². The molecular formula is C11H19ClN2O3. The van der Waals surface area contributed by atoms with Crippen LogP contribution in [0, 0.1) is 0 Å². The van der Waals surface area contributed by atoms with Crippen molar-refractivity contribution in [2.75, 3.05) is 5.88 Å². The third-order valence-electron chi connectivity index (χ3n) is 2.90. The molecule has 0 saturated heterocycles. The molecule has 0 bridgehead atoms. The highest BCUT2D eigenvalue weighted by Gasteiger charge is 2.23. The zero-order valence-electron chi connectivity index (χ0n) is 9.75. The van der Waals surface area contributed by atoms with Crippen LogP contribution in [0.5, 0.6) is 0 Å². The van der Waals surface area contributed by atoms with Crippen LogP contribution in [0.3, 0.4) is 0 Å². The molecular weight excluding hydrogens is 244 g/mol. The van der Waals surface area contributed by atoms with Crippen LogP contribution in [0.1, 0.15) is 38.5 Å². The van der Waals surface area contributed by atoms with Gasteiger partial charge in [0, 0.05) is 24.4 Å². The average Bonchev–Trinajstić information content (AvgIpc) is 2.26. The molecule has 5 nitrogen and oxygen atoms in total. The Bertz CT molecular complexity index is 273. The van der Waals surface area contributed by atoms with Crippen LogP contribution in [-0.4, -0.2) is 35.1 Å². The number of hydrogen-bond donors (Lipinski definition) is 3. The Balaban J connectivity index is 2.28. The quantitative estimate of drug-likeness (QED) is 0.660. The fourth-order valence-corrected chi connectivity index (χ4v) is 2.29. The number of amides is 2. The Hall–Kier alpha value is -0.970. The summed E-state index contributed by atoms with van der Waals surface area (Å²) in [5, 5.41) is 14.0. The summed E-state index contributed by atoms with van der Waals surface area (Å²) in [5.74, 6) is 0.494. The Morgan fingerprint density at radius 2 is 1.88 bits per heavy atom. The number of halogens is 1. The number of carbonyl (C=O) groups excluding carboxylic acids is 1. The first-order chi connectivity index (χ1) is 8.11. The lowest BCUT2D eigenvalue weighted by atomic mass is 9.91. The van der Waals surface area contributed by atoms with Crippen molar-refractivity contribution in [2.24, 2.45) is 0 Å². The minimum absolute atomic E-state index is 0.00613. The maximum Gasteiger partial charge on any atom is 0.404 e. The van der Waals surface area contributed by atoms with E-state index in [0.29, 0.717) is 25.1 Å². The molecule has 0 aliphatic heterocycles. The molecule has 0 aromatic carbocycles. The predicted molar refractivity (Wildman–Crippen MR) is 65.3 cm³/mol. The molecule has 2 amide bonds. The van der Waals surface area contributed by atoms with Gasteiger partial charge in [-0.05, 0) is 32.1 Å². The highest BCUT2D eigenvalue weighted by Crippen LogP contribution is 2.18. The molecule has 1 fully saturated rings. The summed E-state index contributed by atoms with van der Waals surface area (Å²) >= 11 is 5.51. The van der Waals surface area contributed by atoms with Crippen molar-refractivity contribution >= 4 is 23.6 Å². The molecule has 0 heterocycles. The lowest BCUT2D eigenvalue weighted by Gasteiger charge is -2.29. The summed E-state index contributed by atoms with van der Waals surface area (Å²) < 4.78 is 0. The van der Waals surface area contributed by atoms with Gasteiger partial charge in [-0.2, -0.15) is 0 Å². The van der Waals surface area contributed by atoms with Gasteiger partial charge in [0.05, 0.1) is 0 Å². The number of alkyl halides is 1. The summed E-state index contributed by atoms with van der Waals surface area (Å²) in [5.41, 5.74) is 0. The zero-order chi connectivity index (χ0) is 12.7. The van der Waals surface area contributed by atoms with Gasteiger partial charge < -0.3 is 15.7 Å². The van der Waals surface area contributed by atoms with Crippen LogP contribution in [-0.2, 0) is 4.79 Å². The minimum Gasteiger partial charge on any atom is -0.465 e. The number of nitrogens with one attached hydrogen (secondary N) is 2. The maximum absolute atomic E-state index is 11.5. The first kappa shape index (κ1) is 14.1. The Morgan fingerprint density at radius 1 is 1.24 bits per heavy atom. The van der Waals surface area contributed by atoms with E-state index in [4.69, 9.17) is 16.7 Å². The Morgan fingerprint density at radius 3 is 2.47 bits per heavy atom. The fraction of sp³-hybridized carbons (Fsp3) is 0.818. The van der Waals surface area contributed by atoms with E-state index in [1.165, 1.54) is 0 Å². The topological polar surface area (TPSA) is 78.4 Å². The van der Waals surface area contributed by atoms with Crippen molar-refractivity contribution in [1.82, 2.24) is 10.6 Å². The van der Waals surface area contributed by atoms with E-state index in [1.54, 1.807) is 0 Å². The van der Waals surface area contributed by atoms with Crippen LogP contribution >= 0.6 is 11.6 Å². The SMILES string of the molecule is O=C(O)N[C@H]1CCC[C@@H](NC(=O)CCCCl)C1. The molecule has 0 aromatic heterocycles. The van der Waals surface area contributed by atoms with Gasteiger partial charge >= 0.3 is 6.09 Å². The fourth-order valence-electron chi connectivity index (χ4n) is 2.15. The van der Waals surface area contributed by atoms with E-state index >= 15 is 0 Å². The van der Waals surface area contributed by atoms with Gasteiger partial charge in [-0.15, -0.1) is 11.6 Å². The van der Waals surface area contributed by atoms with Crippen LogP contribution in [0.25, 0.3) is 0 Å². The monoisotopic (exact) mass is 262 g/mol. The van der Waals surface area contributed by atoms with Crippen LogP contribution in [0.4, 0.5) is 4.79 Å². The van der Waals surface area contributed by atoms with Crippen LogP contribution in [0.2, 0.25) is 0 Å². The van der Waals surface area contributed by atoms with Gasteiger partial charge in [0.1, 0.15) is 0 Å². The normalized spacial score (nSPS) is 24.1. The van der Waals surface area contributed by atoms with Crippen molar-refractivity contribution < 1.29 is 14.7 Å². The summed E-state index contributed by atoms with van der Waals surface area (Å²) in [7, 11) is 0. The Labute approximate surface area is 106 Å². The summed E-state index contributed by atoms with van der Waals surface area (Å²) in [6, 6.07) is 0.0444. The van der Waals surface area contributed by atoms with Gasteiger partial charge in [-0.1, -0.05) is 0 Å². The highest BCUT2D eigenvalue weighted by atomic mass is 35.5. The zero-order valence-corrected chi connectivity index (χ0v) is 10.5. The first-order valence-electron chi connectivity index (χ1n) is 5.96. The number of hydrogen-bond acceptors (Lipinski definition) is 2. The van der Waals surface area contributed by atoms with Crippen molar-refractivity contribution in [3.63, 3.8) is 0 Å². The van der Waals surface area contributed by atoms with Gasteiger partial charge in [-0.3, -0.25) is 4.79 Å². The van der Waals surface area contributed by atoms with Crippen LogP contribution in [0.15, 0.2) is 0 Å². The second kappa shape index (κ2) is 7.37. The summed E-state index contributed by atoms with van der Waals surface area (Å²) in [6.07, 6.45) is 3.51. The minimum atomic E-state index is -0.996. The standard InChI is InChI=1S/C11H19ClN2O3/c12-6-2-5-10(15)13-8-3-1-4-9(7-8)14-11(16)17/h8-9,14H,1-7H2,(H,13,15)(H,16,17)/t8-,9+/m1/s1. The van der Waals surface area contributed by atoms with E-state index in [-0.39, 0.29) is 18.0 Å². The van der Waals surface area contributed by atoms with Crippen molar-refractivity contribution in [3.8, 4) is 0 Å². The molecule has 0 spiro atoms. The lowest BCUT2D eigenvalue weighted by molar-refractivity contribution is -0.122. The van der Waals surface area contributed by atoms with E-state index in [1.807, 2.05) is 0 Å².